The summed E-state index contributed by atoms with van der Waals surface area (Å²) in [6.45, 7) is 13.6. The van der Waals surface area contributed by atoms with Crippen LogP contribution >= 0.6 is 22.7 Å². The van der Waals surface area contributed by atoms with Crippen LogP contribution in [0.15, 0.2) is 90.4 Å². The van der Waals surface area contributed by atoms with E-state index in [2.05, 4.69) is 42.5 Å². The Morgan fingerprint density at radius 1 is 0.921 bits per heavy atom. The summed E-state index contributed by atoms with van der Waals surface area (Å²) in [6.07, 6.45) is 5.58. The Morgan fingerprint density at radius 3 is 2.16 bits per heavy atom. The number of nitrogens with zero attached hydrogens (tertiary/aromatic N) is 1. The number of aryl methyl sites for hydroxylation is 4. The number of allylic oxidation sites excluding steroid dienone is 3. The van der Waals surface area contributed by atoms with Crippen LogP contribution in [-0.2, 0) is 12.6 Å². The SMILES string of the molecule is C=C/C=C\C.Cc1ccc([O-])c(-c2[nH+]c(C)c(C)s2)c1.Cc1ccc([S-])c(-c2nc3ccccc3s2)c1.[Be+2]. The van der Waals surface area contributed by atoms with E-state index in [4.69, 9.17) is 12.6 Å². The van der Waals surface area contributed by atoms with E-state index >= 15 is 0 Å². The molecule has 3 nitrogen and oxygen atoms in total. The summed E-state index contributed by atoms with van der Waals surface area (Å²) in [6, 6.07) is 19.7. The third-order valence-electron chi connectivity index (χ3n) is 5.45. The molecule has 5 rings (SSSR count). The number of para-hydroxylation sites is 1. The third kappa shape index (κ3) is 8.17. The molecule has 2 heterocycles. The average Bonchev–Trinajstić information content (AvgIpc) is 3.46. The van der Waals surface area contributed by atoms with Crippen LogP contribution in [0.3, 0.4) is 0 Å². The van der Waals surface area contributed by atoms with Crippen LogP contribution in [0.2, 0.25) is 0 Å². The summed E-state index contributed by atoms with van der Waals surface area (Å²) in [4.78, 5) is 9.98. The van der Waals surface area contributed by atoms with E-state index in [-0.39, 0.29) is 15.9 Å². The predicted molar refractivity (Wildman–Crippen MR) is 166 cm³/mol. The van der Waals surface area contributed by atoms with Gasteiger partial charge in [-0.15, -0.1) is 11.3 Å². The molecule has 0 bridgehead atoms. The van der Waals surface area contributed by atoms with Crippen LogP contribution in [0, 0.1) is 27.7 Å². The first kappa shape index (κ1) is 31.1. The van der Waals surface area contributed by atoms with Crippen LogP contribution in [0.25, 0.3) is 31.4 Å². The maximum Gasteiger partial charge on any atom is 2.00 e. The number of rotatable bonds is 3. The van der Waals surface area contributed by atoms with Crippen molar-refractivity contribution in [2.24, 2.45) is 0 Å². The van der Waals surface area contributed by atoms with E-state index in [0.717, 1.165) is 42.8 Å². The summed E-state index contributed by atoms with van der Waals surface area (Å²) in [7, 11) is 0. The molecule has 2 aromatic heterocycles. The number of fused-ring (bicyclic) bond motifs is 1. The van der Waals surface area contributed by atoms with Gasteiger partial charge in [0, 0.05) is 12.5 Å². The Morgan fingerprint density at radius 2 is 1.58 bits per heavy atom. The molecule has 0 amide bonds. The summed E-state index contributed by atoms with van der Waals surface area (Å²) in [5, 5.41) is 13.7. The van der Waals surface area contributed by atoms with Gasteiger partial charge in [-0.2, -0.15) is 9.88 Å². The molecular formula is C31H31BeN2OS3+. The number of aromatic nitrogens is 2. The molecule has 1 N–H and O–H groups in total. The Bertz CT molecular complexity index is 1480. The molecule has 0 radical (unpaired) electrons. The van der Waals surface area contributed by atoms with E-state index in [1.165, 1.54) is 15.1 Å². The molecule has 38 heavy (non-hydrogen) atoms. The molecule has 0 aliphatic carbocycles. The molecule has 3 aromatic carbocycles. The molecule has 0 aliphatic rings. The van der Waals surface area contributed by atoms with Crippen LogP contribution in [-0.4, -0.2) is 15.1 Å². The van der Waals surface area contributed by atoms with Crippen molar-refractivity contribution in [2.45, 2.75) is 39.5 Å². The van der Waals surface area contributed by atoms with Gasteiger partial charge < -0.3 is 17.7 Å². The zero-order chi connectivity index (χ0) is 26.9. The topological polar surface area (TPSA) is 50.1 Å². The zero-order valence-corrected chi connectivity index (χ0v) is 24.9. The fraction of sp³-hybridized carbons (Fsp3) is 0.161. The maximum atomic E-state index is 11.7. The van der Waals surface area contributed by atoms with Crippen molar-refractivity contribution < 1.29 is 10.1 Å². The van der Waals surface area contributed by atoms with Gasteiger partial charge in [-0.1, -0.05) is 95.5 Å². The van der Waals surface area contributed by atoms with Crippen molar-refractivity contribution in [1.29, 1.82) is 0 Å². The minimum Gasteiger partial charge on any atom is -0.872 e. The first-order valence-electron chi connectivity index (χ1n) is 11.9. The molecule has 0 saturated heterocycles. The van der Waals surface area contributed by atoms with Crippen molar-refractivity contribution in [3.05, 3.63) is 107 Å². The Hall–Kier alpha value is -3.15. The van der Waals surface area contributed by atoms with E-state index in [1.807, 2.05) is 75.4 Å². The fourth-order valence-corrected chi connectivity index (χ4v) is 5.66. The Labute approximate surface area is 243 Å². The molecule has 0 saturated carbocycles. The van der Waals surface area contributed by atoms with Gasteiger partial charge in [0.2, 0.25) is 0 Å². The summed E-state index contributed by atoms with van der Waals surface area (Å²) in [5.74, 6) is 0.0816. The smallest absolute Gasteiger partial charge is 0.872 e. The van der Waals surface area contributed by atoms with Gasteiger partial charge in [0.25, 0.3) is 5.01 Å². The third-order valence-corrected chi connectivity index (χ3v) is 8.02. The molecule has 0 spiro atoms. The monoisotopic (exact) mass is 552 g/mol. The normalized spacial score (nSPS) is 10.2. The van der Waals surface area contributed by atoms with Gasteiger partial charge in [-0.05, 0) is 51.5 Å². The van der Waals surface area contributed by atoms with Crippen LogP contribution in [0.5, 0.6) is 5.75 Å². The van der Waals surface area contributed by atoms with Gasteiger partial charge >= 0.3 is 10.1 Å². The van der Waals surface area contributed by atoms with Crippen molar-refractivity contribution in [3.8, 4) is 26.9 Å². The number of hydrogen-bond donors (Lipinski definition) is 0. The molecule has 0 fully saturated rings. The van der Waals surface area contributed by atoms with Gasteiger partial charge in [-0.3, -0.25) is 0 Å². The van der Waals surface area contributed by atoms with Crippen molar-refractivity contribution >= 4 is 55.6 Å². The number of H-pyrrole nitrogens is 1. The minimum absolute atomic E-state index is 0. The maximum absolute atomic E-state index is 11.7. The van der Waals surface area contributed by atoms with Crippen LogP contribution in [0.1, 0.15) is 28.6 Å². The quantitative estimate of drug-likeness (QED) is 0.130. The Balaban J connectivity index is 0.000000224. The van der Waals surface area contributed by atoms with Crippen LogP contribution in [0.4, 0.5) is 0 Å². The van der Waals surface area contributed by atoms with Crippen molar-refractivity contribution in [1.82, 2.24) is 4.98 Å². The molecule has 0 atom stereocenters. The van der Waals surface area contributed by atoms with E-state index in [9.17, 15) is 5.11 Å². The standard InChI is InChI=1S/C14H11NS2.C12H13NOS.C5H8.Be/c1-9-6-7-12(16)10(8-9)14-15-11-4-2-3-5-13(11)17-14;1-7-4-5-11(14)10(6-7)12-13-8(2)9(3)15-12;1-3-5-4-2;/h2-8,16H,1H3;4-6,14H,1-3H3;3-5H,1H2,2H3;/q;;;+2/p-1/b;;5-4-;. The molecule has 0 unspecified atom stereocenters. The number of thiazole rings is 2. The van der Waals surface area contributed by atoms with E-state index in [1.54, 1.807) is 34.8 Å². The summed E-state index contributed by atoms with van der Waals surface area (Å²) in [5.41, 5.74) is 6.35. The second-order valence-electron chi connectivity index (χ2n) is 8.48. The van der Waals surface area contributed by atoms with E-state index in [0.29, 0.717) is 0 Å². The van der Waals surface area contributed by atoms with Crippen molar-refractivity contribution in [3.63, 3.8) is 0 Å². The number of hydrogen-bond acceptors (Lipinski definition) is 5. The molecule has 0 aliphatic heterocycles. The molecular weight excluding hydrogens is 522 g/mol. The average molecular weight is 553 g/mol. The van der Waals surface area contributed by atoms with E-state index < -0.39 is 0 Å². The first-order chi connectivity index (χ1) is 17.7. The van der Waals surface area contributed by atoms with Gasteiger partial charge in [-0.25, -0.2) is 4.98 Å². The fourth-order valence-electron chi connectivity index (χ4n) is 3.39. The number of aromatic amines is 1. The molecule has 7 heteroatoms. The minimum atomic E-state index is 0. The van der Waals surface area contributed by atoms with Crippen molar-refractivity contribution in [2.75, 3.05) is 0 Å². The largest absolute Gasteiger partial charge is 2.00 e. The van der Waals surface area contributed by atoms with Crippen LogP contribution < -0.4 is 10.1 Å². The Kier molecular flexibility index (Phi) is 12.0. The molecule has 5 aromatic rings. The second kappa shape index (κ2) is 14.7. The second-order valence-corrected chi connectivity index (χ2v) is 11.2. The van der Waals surface area contributed by atoms with Gasteiger partial charge in [0.15, 0.2) is 5.69 Å². The van der Waals surface area contributed by atoms with Gasteiger partial charge in [0.05, 0.1) is 15.1 Å². The number of benzene rings is 3. The predicted octanol–water partition coefficient (Wildman–Crippen LogP) is 7.77. The molecule has 190 valence electrons. The summed E-state index contributed by atoms with van der Waals surface area (Å²) >= 11 is 8.70. The van der Waals surface area contributed by atoms with Gasteiger partial charge in [0.1, 0.15) is 5.01 Å². The zero-order valence-electron chi connectivity index (χ0n) is 22.5. The number of nitrogens with one attached hydrogen (secondary N) is 1. The summed E-state index contributed by atoms with van der Waals surface area (Å²) < 4.78 is 1.21. The first-order valence-corrected chi connectivity index (χ1v) is 13.9.